The number of rotatable bonds is 5. The first-order chi connectivity index (χ1) is 6.83. The molecule has 14 heavy (non-hydrogen) atoms. The molecule has 1 aliphatic carbocycles. The number of nitrogens with zero attached hydrogens (tertiary/aromatic N) is 3. The van der Waals surface area contributed by atoms with Crippen LogP contribution in [0.2, 0.25) is 0 Å². The molecule has 0 bridgehead atoms. The van der Waals surface area contributed by atoms with Crippen LogP contribution in [0, 0.1) is 5.92 Å². The predicted octanol–water partition coefficient (Wildman–Crippen LogP) is 3.00. The van der Waals surface area contributed by atoms with E-state index in [1.54, 1.807) is 0 Å². The van der Waals surface area contributed by atoms with Crippen molar-refractivity contribution in [1.29, 1.82) is 0 Å². The molecule has 1 aliphatic rings. The van der Waals surface area contributed by atoms with Crippen molar-refractivity contribution in [1.82, 2.24) is 0 Å². The van der Waals surface area contributed by atoms with E-state index in [-0.39, 0.29) is 0 Å². The number of hydrogen-bond acceptors (Lipinski definition) is 2. The predicted molar refractivity (Wildman–Crippen MR) is 54.7 cm³/mol. The zero-order valence-corrected chi connectivity index (χ0v) is 8.22. The van der Waals surface area contributed by atoms with Crippen LogP contribution in [0.4, 0.5) is 0 Å². The summed E-state index contributed by atoms with van der Waals surface area (Å²) >= 11 is 0. The van der Waals surface area contributed by atoms with Crippen molar-refractivity contribution in [2.24, 2.45) is 11.0 Å². The van der Waals surface area contributed by atoms with E-state index in [0.29, 0.717) is 24.7 Å². The van der Waals surface area contributed by atoms with Crippen molar-refractivity contribution < 1.29 is 4.79 Å². The summed E-state index contributed by atoms with van der Waals surface area (Å²) in [6.45, 7) is 0.560. The largest absolute Gasteiger partial charge is 0.300 e. The fraction of sp³-hybridized carbons (Fsp3) is 0.700. The quantitative estimate of drug-likeness (QED) is 0.217. The molecular formula is C10H15N3O. The standard InChI is InChI=1S/C10H15N3O/c11-13-12-7-3-1-2-4-9-5-6-10(14)8-9/h2,4,9H,1,3,5-8H2/b4-2+. The fourth-order valence-corrected chi connectivity index (χ4v) is 1.62. The van der Waals surface area contributed by atoms with Gasteiger partial charge >= 0.3 is 0 Å². The van der Waals surface area contributed by atoms with Gasteiger partial charge in [-0.05, 0) is 30.7 Å². The Balaban J connectivity index is 2.08. The molecular weight excluding hydrogens is 178 g/mol. The highest BCUT2D eigenvalue weighted by Gasteiger charge is 2.18. The summed E-state index contributed by atoms with van der Waals surface area (Å²) in [6.07, 6.45) is 8.51. The Morgan fingerprint density at radius 3 is 3.14 bits per heavy atom. The van der Waals surface area contributed by atoms with Crippen LogP contribution < -0.4 is 0 Å². The number of allylic oxidation sites excluding steroid dienone is 2. The Hall–Kier alpha value is -1.28. The zero-order chi connectivity index (χ0) is 10.2. The molecule has 1 rings (SSSR count). The lowest BCUT2D eigenvalue weighted by molar-refractivity contribution is -0.117. The Labute approximate surface area is 83.6 Å². The van der Waals surface area contributed by atoms with Crippen molar-refractivity contribution in [3.63, 3.8) is 0 Å². The Kier molecular flexibility index (Phi) is 4.79. The number of carbonyl (C=O) groups is 1. The second-order valence-corrected chi connectivity index (χ2v) is 3.57. The Morgan fingerprint density at radius 2 is 2.50 bits per heavy atom. The summed E-state index contributed by atoms with van der Waals surface area (Å²) in [5.41, 5.74) is 8.03. The highest BCUT2D eigenvalue weighted by Crippen LogP contribution is 2.22. The van der Waals surface area contributed by atoms with Crippen LogP contribution in [0.15, 0.2) is 17.3 Å². The minimum Gasteiger partial charge on any atom is -0.300 e. The summed E-state index contributed by atoms with van der Waals surface area (Å²) in [5.74, 6) is 0.843. The van der Waals surface area contributed by atoms with Gasteiger partial charge in [-0.25, -0.2) is 0 Å². The minimum atomic E-state index is 0.383. The van der Waals surface area contributed by atoms with E-state index < -0.39 is 0 Å². The minimum absolute atomic E-state index is 0.383. The van der Waals surface area contributed by atoms with Crippen molar-refractivity contribution >= 4 is 5.78 Å². The topological polar surface area (TPSA) is 65.8 Å². The van der Waals surface area contributed by atoms with E-state index in [2.05, 4.69) is 22.2 Å². The second kappa shape index (κ2) is 6.22. The molecule has 1 fully saturated rings. The molecule has 1 unspecified atom stereocenters. The first-order valence-corrected chi connectivity index (χ1v) is 5.02. The average molecular weight is 193 g/mol. The molecule has 1 atom stereocenters. The molecule has 0 aromatic rings. The van der Waals surface area contributed by atoms with Crippen LogP contribution in [0.5, 0.6) is 0 Å². The molecule has 76 valence electrons. The number of hydrogen-bond donors (Lipinski definition) is 0. The average Bonchev–Trinajstić information content (AvgIpc) is 2.58. The Morgan fingerprint density at radius 1 is 1.64 bits per heavy atom. The van der Waals surface area contributed by atoms with Gasteiger partial charge in [0.15, 0.2) is 0 Å². The number of ketones is 1. The normalized spacial score (nSPS) is 21.4. The van der Waals surface area contributed by atoms with Gasteiger partial charge in [0.25, 0.3) is 0 Å². The van der Waals surface area contributed by atoms with Gasteiger partial charge in [0.05, 0.1) is 0 Å². The highest BCUT2D eigenvalue weighted by molar-refractivity contribution is 5.80. The van der Waals surface area contributed by atoms with Crippen LogP contribution in [0.25, 0.3) is 10.4 Å². The maximum atomic E-state index is 10.9. The summed E-state index contributed by atoms with van der Waals surface area (Å²) in [4.78, 5) is 13.6. The number of carbonyl (C=O) groups excluding carboxylic acids is 1. The maximum Gasteiger partial charge on any atom is 0.133 e. The first kappa shape index (κ1) is 10.8. The zero-order valence-electron chi connectivity index (χ0n) is 8.22. The van der Waals surface area contributed by atoms with Crippen molar-refractivity contribution in [3.8, 4) is 0 Å². The van der Waals surface area contributed by atoms with E-state index in [1.807, 2.05) is 0 Å². The fourth-order valence-electron chi connectivity index (χ4n) is 1.62. The molecule has 0 aromatic heterocycles. The van der Waals surface area contributed by atoms with Gasteiger partial charge < -0.3 is 0 Å². The molecule has 0 spiro atoms. The lowest BCUT2D eigenvalue weighted by Gasteiger charge is -1.97. The lowest BCUT2D eigenvalue weighted by Crippen LogP contribution is -1.90. The third-order valence-electron chi connectivity index (χ3n) is 2.38. The van der Waals surface area contributed by atoms with Crippen LogP contribution in [0.3, 0.4) is 0 Å². The maximum absolute atomic E-state index is 10.9. The van der Waals surface area contributed by atoms with Crippen molar-refractivity contribution in [2.75, 3.05) is 6.54 Å². The van der Waals surface area contributed by atoms with Crippen LogP contribution in [-0.4, -0.2) is 12.3 Å². The molecule has 4 heteroatoms. The van der Waals surface area contributed by atoms with Gasteiger partial charge in [-0.2, -0.15) is 0 Å². The summed E-state index contributed by atoms with van der Waals surface area (Å²) < 4.78 is 0. The monoisotopic (exact) mass is 193 g/mol. The molecule has 4 nitrogen and oxygen atoms in total. The van der Waals surface area contributed by atoms with E-state index in [9.17, 15) is 4.79 Å². The van der Waals surface area contributed by atoms with Gasteiger partial charge in [-0.15, -0.1) is 0 Å². The van der Waals surface area contributed by atoms with Crippen LogP contribution in [-0.2, 0) is 4.79 Å². The summed E-state index contributed by atoms with van der Waals surface area (Å²) in [5, 5.41) is 3.45. The van der Waals surface area contributed by atoms with E-state index in [0.717, 1.165) is 25.7 Å². The molecule has 1 saturated carbocycles. The Bertz CT molecular complexity index is 267. The summed E-state index contributed by atoms with van der Waals surface area (Å²) in [6, 6.07) is 0. The molecule has 0 radical (unpaired) electrons. The molecule has 0 amide bonds. The second-order valence-electron chi connectivity index (χ2n) is 3.57. The highest BCUT2D eigenvalue weighted by atomic mass is 16.1. The van der Waals surface area contributed by atoms with E-state index in [4.69, 9.17) is 5.53 Å². The number of Topliss-reactive ketones (excluding diaryl/α,β-unsaturated/α-hetero) is 1. The molecule has 0 N–H and O–H groups in total. The van der Waals surface area contributed by atoms with Crippen LogP contribution in [0.1, 0.15) is 32.1 Å². The van der Waals surface area contributed by atoms with Gasteiger partial charge in [-0.3, -0.25) is 4.79 Å². The van der Waals surface area contributed by atoms with Gasteiger partial charge in [0, 0.05) is 24.3 Å². The third-order valence-corrected chi connectivity index (χ3v) is 2.38. The molecule has 0 aliphatic heterocycles. The van der Waals surface area contributed by atoms with Gasteiger partial charge in [0.1, 0.15) is 5.78 Å². The smallest absolute Gasteiger partial charge is 0.133 e. The molecule has 0 aromatic carbocycles. The summed E-state index contributed by atoms with van der Waals surface area (Å²) in [7, 11) is 0. The van der Waals surface area contributed by atoms with Crippen molar-refractivity contribution in [3.05, 3.63) is 22.6 Å². The first-order valence-electron chi connectivity index (χ1n) is 5.02. The van der Waals surface area contributed by atoms with Crippen LogP contribution >= 0.6 is 0 Å². The van der Waals surface area contributed by atoms with E-state index >= 15 is 0 Å². The number of unbranched alkanes of at least 4 members (excludes halogenated alkanes) is 1. The molecule has 0 heterocycles. The molecule has 0 saturated heterocycles. The lowest BCUT2D eigenvalue weighted by atomic mass is 10.1. The van der Waals surface area contributed by atoms with Gasteiger partial charge in [0.2, 0.25) is 0 Å². The number of azide groups is 1. The van der Waals surface area contributed by atoms with Gasteiger partial charge in [-0.1, -0.05) is 17.3 Å². The SMILES string of the molecule is [N-]=[N+]=NCCC/C=C/C1CCC(=O)C1. The third kappa shape index (κ3) is 4.10. The van der Waals surface area contributed by atoms with E-state index in [1.165, 1.54) is 0 Å². The van der Waals surface area contributed by atoms with Crippen molar-refractivity contribution in [2.45, 2.75) is 32.1 Å².